The molecule has 24 heavy (non-hydrogen) atoms. The van der Waals surface area contributed by atoms with Gasteiger partial charge in [0.2, 0.25) is 0 Å². The van der Waals surface area contributed by atoms with Crippen LogP contribution in [0.15, 0.2) is 60.7 Å². The van der Waals surface area contributed by atoms with E-state index in [4.69, 9.17) is 19.3 Å². The molecule has 0 saturated carbocycles. The number of carboxylic acid groups (broad SMARTS) is 1. The van der Waals surface area contributed by atoms with Crippen LogP contribution in [-0.2, 0) is 14.5 Å². The summed E-state index contributed by atoms with van der Waals surface area (Å²) >= 11 is 0. The van der Waals surface area contributed by atoms with E-state index in [2.05, 4.69) is 9.78 Å². The van der Waals surface area contributed by atoms with Crippen LogP contribution in [0.5, 0.6) is 11.5 Å². The monoisotopic (exact) mass is 334 g/mol. The number of benzene rings is 2. The van der Waals surface area contributed by atoms with Gasteiger partial charge in [-0.25, -0.2) is 9.68 Å². The molecule has 0 aliphatic heterocycles. The number of carbonyl (C=O) groups is 2. The molecule has 2 aromatic carbocycles. The predicted molar refractivity (Wildman–Crippen MR) is 79.5 cm³/mol. The van der Waals surface area contributed by atoms with Crippen molar-refractivity contribution in [3.8, 4) is 11.5 Å². The van der Waals surface area contributed by atoms with E-state index in [-0.39, 0.29) is 6.61 Å². The largest absolute Gasteiger partial charge is 0.550 e. The van der Waals surface area contributed by atoms with Gasteiger partial charge in [-0.05, 0) is 24.3 Å². The molecule has 0 aromatic heterocycles. The number of para-hydroxylation sites is 2. The molecule has 0 aliphatic rings. The summed E-state index contributed by atoms with van der Waals surface area (Å²) in [5.41, 5.74) is 0. The highest BCUT2D eigenvalue weighted by atomic mass is 17.3. The standard InChI is InChI=1S/C16H14O8/c17-15(18)23-24-16(19)20-11-14(21-12-7-3-1-4-8-12)22-13-9-5-2-6-10-13/h1-10,14H,11H2,(H,17,18). The van der Waals surface area contributed by atoms with Crippen LogP contribution in [0.2, 0.25) is 0 Å². The zero-order valence-corrected chi connectivity index (χ0v) is 12.4. The Morgan fingerprint density at radius 2 is 1.33 bits per heavy atom. The molecule has 126 valence electrons. The first-order valence-corrected chi connectivity index (χ1v) is 6.81. The molecular weight excluding hydrogens is 320 g/mol. The Balaban J connectivity index is 1.94. The van der Waals surface area contributed by atoms with Crippen molar-refractivity contribution in [2.24, 2.45) is 0 Å². The van der Waals surface area contributed by atoms with Crippen molar-refractivity contribution in [1.82, 2.24) is 0 Å². The number of rotatable bonds is 6. The van der Waals surface area contributed by atoms with Gasteiger partial charge in [-0.15, -0.1) is 0 Å². The van der Waals surface area contributed by atoms with Crippen molar-refractivity contribution in [2.75, 3.05) is 6.61 Å². The lowest BCUT2D eigenvalue weighted by molar-refractivity contribution is -0.216. The molecule has 0 atom stereocenters. The zero-order chi connectivity index (χ0) is 17.2. The quantitative estimate of drug-likeness (QED) is 0.372. The predicted octanol–water partition coefficient (Wildman–Crippen LogP) is 3.23. The highest BCUT2D eigenvalue weighted by molar-refractivity contribution is 5.62. The average molecular weight is 334 g/mol. The molecule has 8 heteroatoms. The van der Waals surface area contributed by atoms with Gasteiger partial charge in [-0.2, -0.15) is 9.68 Å². The Morgan fingerprint density at radius 3 is 1.79 bits per heavy atom. The van der Waals surface area contributed by atoms with Gasteiger partial charge in [-0.1, -0.05) is 36.4 Å². The van der Waals surface area contributed by atoms with Crippen LogP contribution in [-0.4, -0.2) is 30.3 Å². The van der Waals surface area contributed by atoms with Crippen LogP contribution in [0.25, 0.3) is 0 Å². The molecule has 0 radical (unpaired) electrons. The van der Waals surface area contributed by atoms with Crippen molar-refractivity contribution in [2.45, 2.75) is 6.29 Å². The first-order chi connectivity index (χ1) is 11.6. The van der Waals surface area contributed by atoms with Crippen LogP contribution in [0.4, 0.5) is 9.59 Å². The van der Waals surface area contributed by atoms with Gasteiger partial charge >= 0.3 is 12.3 Å². The van der Waals surface area contributed by atoms with Crippen molar-refractivity contribution in [3.63, 3.8) is 0 Å². The summed E-state index contributed by atoms with van der Waals surface area (Å²) in [6.45, 7) is -0.356. The van der Waals surface area contributed by atoms with Crippen LogP contribution in [0, 0.1) is 0 Å². The summed E-state index contributed by atoms with van der Waals surface area (Å²) in [4.78, 5) is 28.8. The van der Waals surface area contributed by atoms with Gasteiger partial charge in [0.1, 0.15) is 11.5 Å². The summed E-state index contributed by atoms with van der Waals surface area (Å²) in [7, 11) is 0. The third kappa shape index (κ3) is 6.14. The molecule has 1 N–H and O–H groups in total. The average Bonchev–Trinajstić information content (AvgIpc) is 2.59. The number of carbonyl (C=O) groups excluding carboxylic acids is 1. The molecule has 0 heterocycles. The smallest absolute Gasteiger partial charge is 0.451 e. The van der Waals surface area contributed by atoms with Gasteiger partial charge in [0, 0.05) is 0 Å². The van der Waals surface area contributed by atoms with Crippen LogP contribution in [0.1, 0.15) is 0 Å². The van der Waals surface area contributed by atoms with E-state index < -0.39 is 18.6 Å². The lowest BCUT2D eigenvalue weighted by atomic mass is 10.3. The first kappa shape index (κ1) is 16.9. The maximum atomic E-state index is 11.2. The summed E-state index contributed by atoms with van der Waals surface area (Å²) in [6, 6.07) is 17.5. The Bertz CT molecular complexity index is 602. The van der Waals surface area contributed by atoms with Gasteiger partial charge in [0.25, 0.3) is 6.29 Å². The van der Waals surface area contributed by atoms with E-state index in [0.29, 0.717) is 11.5 Å². The summed E-state index contributed by atoms with van der Waals surface area (Å²) in [5, 5.41) is 8.23. The van der Waals surface area contributed by atoms with E-state index in [1.807, 2.05) is 12.1 Å². The van der Waals surface area contributed by atoms with E-state index in [9.17, 15) is 9.59 Å². The van der Waals surface area contributed by atoms with Gasteiger partial charge in [0.05, 0.1) is 0 Å². The molecule has 0 aliphatic carbocycles. The third-order valence-corrected chi connectivity index (χ3v) is 2.54. The second-order valence-corrected chi connectivity index (χ2v) is 4.28. The fraction of sp³-hybridized carbons (Fsp3) is 0.125. The second kappa shape index (κ2) is 8.89. The fourth-order valence-electron chi connectivity index (χ4n) is 1.62. The van der Waals surface area contributed by atoms with Crippen molar-refractivity contribution in [1.29, 1.82) is 0 Å². The van der Waals surface area contributed by atoms with Gasteiger partial charge < -0.3 is 19.3 Å². The molecule has 2 aromatic rings. The van der Waals surface area contributed by atoms with Crippen molar-refractivity contribution < 1.29 is 38.7 Å². The minimum Gasteiger partial charge on any atom is -0.451 e. The van der Waals surface area contributed by atoms with Crippen LogP contribution in [0.3, 0.4) is 0 Å². The van der Waals surface area contributed by atoms with E-state index in [1.165, 1.54) is 0 Å². The minimum absolute atomic E-state index is 0.356. The summed E-state index contributed by atoms with van der Waals surface area (Å²) < 4.78 is 15.9. The maximum Gasteiger partial charge on any atom is 0.550 e. The van der Waals surface area contributed by atoms with Crippen molar-refractivity contribution >= 4 is 12.3 Å². The minimum atomic E-state index is -1.77. The lowest BCUT2D eigenvalue weighted by Crippen LogP contribution is -2.31. The molecular formula is C16H14O8. The highest BCUT2D eigenvalue weighted by Gasteiger charge is 2.18. The maximum absolute atomic E-state index is 11.2. The Hall–Kier alpha value is -3.42. The number of hydrogen-bond donors (Lipinski definition) is 1. The first-order valence-electron chi connectivity index (χ1n) is 6.81. The Kier molecular flexibility index (Phi) is 6.27. The molecule has 0 saturated heterocycles. The third-order valence-electron chi connectivity index (χ3n) is 2.54. The van der Waals surface area contributed by atoms with E-state index in [0.717, 1.165) is 0 Å². The molecule has 0 bridgehead atoms. The molecule has 0 spiro atoms. The Labute approximate surface area is 137 Å². The van der Waals surface area contributed by atoms with Crippen LogP contribution >= 0.6 is 0 Å². The highest BCUT2D eigenvalue weighted by Crippen LogP contribution is 2.16. The zero-order valence-electron chi connectivity index (χ0n) is 12.4. The van der Waals surface area contributed by atoms with Gasteiger partial charge in [-0.3, -0.25) is 0 Å². The number of hydrogen-bond acceptors (Lipinski definition) is 7. The second-order valence-electron chi connectivity index (χ2n) is 4.28. The SMILES string of the molecule is O=C(O)OOC(=O)OCC(Oc1ccccc1)Oc1ccccc1. The van der Waals surface area contributed by atoms with Crippen molar-refractivity contribution in [3.05, 3.63) is 60.7 Å². The molecule has 8 nitrogen and oxygen atoms in total. The molecule has 2 rings (SSSR count). The molecule has 0 unspecified atom stereocenters. The summed E-state index contributed by atoms with van der Waals surface area (Å²) in [6.07, 6.45) is -4.09. The van der Waals surface area contributed by atoms with Crippen LogP contribution < -0.4 is 9.47 Å². The van der Waals surface area contributed by atoms with E-state index >= 15 is 0 Å². The topological polar surface area (TPSA) is 101 Å². The lowest BCUT2D eigenvalue weighted by Gasteiger charge is -2.20. The fourth-order valence-corrected chi connectivity index (χ4v) is 1.62. The normalized spacial score (nSPS) is 9.88. The summed E-state index contributed by atoms with van der Waals surface area (Å²) in [5.74, 6) is 0.995. The molecule has 0 fully saturated rings. The molecule has 0 amide bonds. The number of ether oxygens (including phenoxy) is 3. The van der Waals surface area contributed by atoms with Gasteiger partial charge in [0.15, 0.2) is 6.61 Å². The van der Waals surface area contributed by atoms with E-state index in [1.54, 1.807) is 48.5 Å². The Morgan fingerprint density at radius 1 is 0.833 bits per heavy atom.